The Morgan fingerprint density at radius 3 is 2.42 bits per heavy atom. The van der Waals surface area contributed by atoms with Crippen molar-refractivity contribution in [2.24, 2.45) is 4.99 Å². The molecule has 0 atom stereocenters. The largest absolute Gasteiger partial charge is 0.490 e. The summed E-state index contributed by atoms with van der Waals surface area (Å²) >= 11 is 6.88. The summed E-state index contributed by atoms with van der Waals surface area (Å²) in [7, 11) is 0. The van der Waals surface area contributed by atoms with E-state index in [2.05, 4.69) is 36.9 Å². The third-order valence-electron chi connectivity index (χ3n) is 4.94. The van der Waals surface area contributed by atoms with Crippen molar-refractivity contribution in [1.29, 1.82) is 0 Å². The molecule has 0 fully saturated rings. The summed E-state index contributed by atoms with van der Waals surface area (Å²) in [5, 5.41) is 0. The van der Waals surface area contributed by atoms with Gasteiger partial charge in [-0.25, -0.2) is 14.6 Å². The van der Waals surface area contributed by atoms with Gasteiger partial charge in [-0.1, -0.05) is 34.1 Å². The van der Waals surface area contributed by atoms with Gasteiger partial charge in [0.05, 0.1) is 23.2 Å². The van der Waals surface area contributed by atoms with Gasteiger partial charge in [0.15, 0.2) is 22.9 Å². The summed E-state index contributed by atoms with van der Waals surface area (Å²) in [4.78, 5) is 29.7. The van der Waals surface area contributed by atoms with Crippen LogP contribution in [0.5, 0.6) is 17.2 Å². The molecule has 1 aliphatic rings. The minimum atomic E-state index is -0.631. The van der Waals surface area contributed by atoms with Gasteiger partial charge in [0.25, 0.3) is 0 Å². The molecule has 0 aromatic heterocycles. The summed E-state index contributed by atoms with van der Waals surface area (Å²) in [5.74, 6) is 0.331. The van der Waals surface area contributed by atoms with E-state index in [1.165, 1.54) is 6.08 Å². The van der Waals surface area contributed by atoms with Crippen LogP contribution in [-0.2, 0) is 9.53 Å². The number of carbonyl (C=O) groups excluding carboxylic acids is 2. The topological polar surface area (TPSA) is 83.4 Å². The average molecular weight is 615 g/mol. The molecule has 0 bridgehead atoms. The van der Waals surface area contributed by atoms with Crippen LogP contribution in [0, 0.1) is 0 Å². The van der Waals surface area contributed by atoms with E-state index in [9.17, 15) is 9.59 Å². The Morgan fingerprint density at radius 1 is 0.972 bits per heavy atom. The standard InChI is InChI=1S/C27H21Br2NO6/c1-3-33-22-11-10-17(14-23(22)34-4-2)25-30-21(27(32)36-25)13-18-12-19(28)15-20(29)24(18)35-26(31)16-8-6-5-7-9-16/h5-15H,3-4H2,1-2H3/b21-13-. The quantitative estimate of drug-likeness (QED) is 0.162. The van der Waals surface area contributed by atoms with Crippen LogP contribution in [0.2, 0.25) is 0 Å². The number of carbonyl (C=O) groups is 2. The number of rotatable bonds is 8. The number of benzene rings is 3. The Balaban J connectivity index is 1.69. The van der Waals surface area contributed by atoms with Gasteiger partial charge in [-0.15, -0.1) is 0 Å². The molecule has 1 heterocycles. The van der Waals surface area contributed by atoms with E-state index >= 15 is 0 Å². The van der Waals surface area contributed by atoms with E-state index in [0.717, 1.165) is 0 Å². The molecule has 0 spiro atoms. The Bertz CT molecular complexity index is 1370. The summed E-state index contributed by atoms with van der Waals surface area (Å²) in [6.07, 6.45) is 1.51. The maximum atomic E-state index is 12.7. The van der Waals surface area contributed by atoms with Crippen molar-refractivity contribution in [1.82, 2.24) is 0 Å². The average Bonchev–Trinajstić information content (AvgIpc) is 3.23. The highest BCUT2D eigenvalue weighted by molar-refractivity contribution is 9.11. The number of aliphatic imine (C=N–C) groups is 1. The summed E-state index contributed by atoms with van der Waals surface area (Å²) in [5.41, 5.74) is 1.47. The van der Waals surface area contributed by atoms with Crippen molar-refractivity contribution in [3.8, 4) is 17.2 Å². The molecule has 9 heteroatoms. The molecule has 3 aromatic carbocycles. The Hall–Kier alpha value is -3.43. The van der Waals surface area contributed by atoms with Gasteiger partial charge in [0.2, 0.25) is 5.90 Å². The molecule has 1 aliphatic heterocycles. The minimum Gasteiger partial charge on any atom is -0.490 e. The molecule has 0 amide bonds. The molecular weight excluding hydrogens is 594 g/mol. The first-order valence-corrected chi connectivity index (χ1v) is 12.7. The number of esters is 2. The maximum absolute atomic E-state index is 12.7. The third kappa shape index (κ3) is 5.85. The SMILES string of the molecule is CCOc1ccc(C2=N/C(=C\c3cc(Br)cc(Br)c3OC(=O)c3ccccc3)C(=O)O2)cc1OCC. The van der Waals surface area contributed by atoms with E-state index < -0.39 is 11.9 Å². The van der Waals surface area contributed by atoms with Gasteiger partial charge < -0.3 is 18.9 Å². The normalized spacial score (nSPS) is 13.8. The number of ether oxygens (including phenoxy) is 4. The number of hydrogen-bond acceptors (Lipinski definition) is 7. The number of halogens is 2. The molecule has 36 heavy (non-hydrogen) atoms. The molecular formula is C27H21Br2NO6. The van der Waals surface area contributed by atoms with Crippen LogP contribution in [0.25, 0.3) is 6.08 Å². The second kappa shape index (κ2) is 11.5. The van der Waals surface area contributed by atoms with Gasteiger partial charge in [-0.2, -0.15) is 0 Å². The van der Waals surface area contributed by atoms with Crippen molar-refractivity contribution < 1.29 is 28.5 Å². The Morgan fingerprint density at radius 2 is 1.69 bits per heavy atom. The van der Waals surface area contributed by atoms with E-state index in [-0.39, 0.29) is 17.3 Å². The van der Waals surface area contributed by atoms with Crippen LogP contribution in [0.1, 0.15) is 35.3 Å². The van der Waals surface area contributed by atoms with E-state index in [4.69, 9.17) is 18.9 Å². The molecule has 0 unspecified atom stereocenters. The summed E-state index contributed by atoms with van der Waals surface area (Å²) in [6, 6.07) is 17.3. The Kier molecular flexibility index (Phi) is 8.22. The van der Waals surface area contributed by atoms with Crippen molar-refractivity contribution in [3.05, 3.63) is 92.0 Å². The molecule has 0 saturated heterocycles. The highest BCUT2D eigenvalue weighted by Gasteiger charge is 2.26. The molecule has 0 radical (unpaired) electrons. The predicted molar refractivity (Wildman–Crippen MR) is 143 cm³/mol. The fourth-order valence-electron chi connectivity index (χ4n) is 3.39. The molecule has 7 nitrogen and oxygen atoms in total. The predicted octanol–water partition coefficient (Wildman–Crippen LogP) is 6.57. The highest BCUT2D eigenvalue weighted by Crippen LogP contribution is 2.36. The Labute approximate surface area is 225 Å². The molecule has 0 aliphatic carbocycles. The first-order chi connectivity index (χ1) is 17.4. The van der Waals surface area contributed by atoms with Crippen LogP contribution in [-0.4, -0.2) is 31.1 Å². The lowest BCUT2D eigenvalue weighted by molar-refractivity contribution is -0.129. The van der Waals surface area contributed by atoms with Crippen molar-refractivity contribution in [3.63, 3.8) is 0 Å². The van der Waals surface area contributed by atoms with Crippen molar-refractivity contribution in [2.75, 3.05) is 13.2 Å². The minimum absolute atomic E-state index is 0.0545. The lowest BCUT2D eigenvalue weighted by Crippen LogP contribution is -2.10. The van der Waals surface area contributed by atoms with Crippen molar-refractivity contribution in [2.45, 2.75) is 13.8 Å². The summed E-state index contributed by atoms with van der Waals surface area (Å²) < 4.78 is 23.6. The van der Waals surface area contributed by atoms with Gasteiger partial charge >= 0.3 is 11.9 Å². The van der Waals surface area contributed by atoms with Crippen LogP contribution in [0.3, 0.4) is 0 Å². The molecule has 0 saturated carbocycles. The smallest absolute Gasteiger partial charge is 0.363 e. The monoisotopic (exact) mass is 613 g/mol. The molecule has 3 aromatic rings. The number of cyclic esters (lactones) is 1. The van der Waals surface area contributed by atoms with Crippen LogP contribution in [0.4, 0.5) is 0 Å². The molecule has 184 valence electrons. The highest BCUT2D eigenvalue weighted by atomic mass is 79.9. The van der Waals surface area contributed by atoms with Gasteiger partial charge in [-0.05, 0) is 78.3 Å². The molecule has 0 N–H and O–H groups in total. The molecule has 4 rings (SSSR count). The van der Waals surface area contributed by atoms with E-state index in [1.54, 1.807) is 54.6 Å². The first-order valence-electron chi connectivity index (χ1n) is 11.1. The van der Waals surface area contributed by atoms with Gasteiger partial charge in [0.1, 0.15) is 0 Å². The number of nitrogens with zero attached hydrogens (tertiary/aromatic N) is 1. The zero-order valence-electron chi connectivity index (χ0n) is 19.4. The van der Waals surface area contributed by atoms with E-state index in [0.29, 0.717) is 50.3 Å². The fraction of sp³-hybridized carbons (Fsp3) is 0.148. The van der Waals surface area contributed by atoms with Crippen molar-refractivity contribution >= 4 is 55.8 Å². The van der Waals surface area contributed by atoms with Crippen LogP contribution < -0.4 is 14.2 Å². The zero-order chi connectivity index (χ0) is 25.7. The lowest BCUT2D eigenvalue weighted by atomic mass is 10.1. The van der Waals surface area contributed by atoms with Gasteiger partial charge in [0, 0.05) is 15.6 Å². The lowest BCUT2D eigenvalue weighted by Gasteiger charge is -2.11. The number of hydrogen-bond donors (Lipinski definition) is 0. The van der Waals surface area contributed by atoms with Crippen LogP contribution in [0.15, 0.2) is 80.3 Å². The second-order valence-electron chi connectivity index (χ2n) is 7.43. The van der Waals surface area contributed by atoms with Crippen LogP contribution >= 0.6 is 31.9 Å². The third-order valence-corrected chi connectivity index (χ3v) is 5.99. The first kappa shape index (κ1) is 25.7. The maximum Gasteiger partial charge on any atom is 0.363 e. The van der Waals surface area contributed by atoms with E-state index in [1.807, 2.05) is 19.9 Å². The summed E-state index contributed by atoms with van der Waals surface area (Å²) in [6.45, 7) is 4.69. The fourth-order valence-corrected chi connectivity index (χ4v) is 4.72. The zero-order valence-corrected chi connectivity index (χ0v) is 22.6. The second-order valence-corrected chi connectivity index (χ2v) is 9.20. The van der Waals surface area contributed by atoms with Gasteiger partial charge in [-0.3, -0.25) is 0 Å².